The Balaban J connectivity index is 1.97. The maximum atomic E-state index is 12.8. The van der Waals surface area contributed by atoms with Gasteiger partial charge in [-0.2, -0.15) is 0 Å². The van der Waals surface area contributed by atoms with Crippen molar-refractivity contribution in [1.29, 1.82) is 0 Å². The number of aromatic hydroxyl groups is 1. The number of thiophene rings is 1. The Morgan fingerprint density at radius 2 is 2.24 bits per heavy atom. The minimum atomic E-state index is -0.0695. The number of hydrogen-bond acceptors (Lipinski definition) is 3. The van der Waals surface area contributed by atoms with Crippen LogP contribution in [0.3, 0.4) is 0 Å². The van der Waals surface area contributed by atoms with Gasteiger partial charge >= 0.3 is 0 Å². The first-order valence-electron chi connectivity index (χ1n) is 7.29. The van der Waals surface area contributed by atoms with Gasteiger partial charge in [-0.1, -0.05) is 19.1 Å². The van der Waals surface area contributed by atoms with E-state index in [-0.39, 0.29) is 17.7 Å². The number of rotatable bonds is 2. The van der Waals surface area contributed by atoms with Gasteiger partial charge < -0.3 is 10.0 Å². The summed E-state index contributed by atoms with van der Waals surface area (Å²) in [4.78, 5) is 16.1. The lowest BCUT2D eigenvalue weighted by Gasteiger charge is -2.35. The number of carbonyl (C=O) groups excluding carboxylic acids is 1. The van der Waals surface area contributed by atoms with Crippen LogP contribution in [0.2, 0.25) is 0 Å². The fourth-order valence-electron chi connectivity index (χ4n) is 3.07. The van der Waals surface area contributed by atoms with E-state index in [0.29, 0.717) is 5.56 Å². The molecule has 3 rings (SSSR count). The summed E-state index contributed by atoms with van der Waals surface area (Å²) < 4.78 is 0. The molecule has 0 bridgehead atoms. The number of hydrogen-bond donors (Lipinski definition) is 1. The average Bonchev–Trinajstić information content (AvgIpc) is 2.96. The van der Waals surface area contributed by atoms with Crippen LogP contribution in [-0.4, -0.2) is 22.5 Å². The fraction of sp³-hybridized carbons (Fsp3) is 0.353. The molecule has 1 unspecified atom stereocenters. The molecule has 1 aromatic carbocycles. The quantitative estimate of drug-likeness (QED) is 0.913. The van der Waals surface area contributed by atoms with Crippen molar-refractivity contribution in [2.45, 2.75) is 32.7 Å². The molecule has 0 saturated carbocycles. The molecule has 3 nitrogen and oxygen atoms in total. The van der Waals surface area contributed by atoms with E-state index in [1.807, 2.05) is 24.0 Å². The first-order valence-corrected chi connectivity index (χ1v) is 8.17. The van der Waals surface area contributed by atoms with E-state index in [9.17, 15) is 9.90 Å². The van der Waals surface area contributed by atoms with Crippen molar-refractivity contribution in [3.05, 3.63) is 51.2 Å². The lowest BCUT2D eigenvalue weighted by Crippen LogP contribution is -2.39. The van der Waals surface area contributed by atoms with Crippen molar-refractivity contribution in [3.63, 3.8) is 0 Å². The summed E-state index contributed by atoms with van der Waals surface area (Å²) in [5.41, 5.74) is 2.42. The van der Waals surface area contributed by atoms with E-state index >= 15 is 0 Å². The first-order chi connectivity index (χ1) is 10.1. The summed E-state index contributed by atoms with van der Waals surface area (Å²) in [7, 11) is 0. The molecule has 110 valence electrons. The van der Waals surface area contributed by atoms with Crippen LogP contribution >= 0.6 is 11.3 Å². The van der Waals surface area contributed by atoms with Gasteiger partial charge in [0.1, 0.15) is 5.75 Å². The molecule has 1 aliphatic heterocycles. The predicted molar refractivity (Wildman–Crippen MR) is 84.9 cm³/mol. The van der Waals surface area contributed by atoms with Crippen LogP contribution in [0.5, 0.6) is 5.75 Å². The van der Waals surface area contributed by atoms with Gasteiger partial charge in [-0.3, -0.25) is 4.79 Å². The normalized spacial score (nSPS) is 17.6. The van der Waals surface area contributed by atoms with Gasteiger partial charge in [0.05, 0.1) is 11.6 Å². The van der Waals surface area contributed by atoms with E-state index in [2.05, 4.69) is 18.4 Å². The summed E-state index contributed by atoms with van der Waals surface area (Å²) in [5, 5.41) is 12.3. The van der Waals surface area contributed by atoms with Crippen LogP contribution < -0.4 is 0 Å². The molecule has 21 heavy (non-hydrogen) atoms. The molecule has 2 aromatic rings. The number of aryl methyl sites for hydroxylation is 1. The molecule has 4 heteroatoms. The molecular formula is C17H19NO2S. The maximum Gasteiger partial charge on any atom is 0.258 e. The van der Waals surface area contributed by atoms with Crippen molar-refractivity contribution >= 4 is 17.2 Å². The second kappa shape index (κ2) is 5.53. The van der Waals surface area contributed by atoms with Crippen molar-refractivity contribution in [2.24, 2.45) is 0 Å². The third-order valence-corrected chi connectivity index (χ3v) is 5.21. The highest BCUT2D eigenvalue weighted by molar-refractivity contribution is 7.10. The van der Waals surface area contributed by atoms with Crippen LogP contribution in [0, 0.1) is 6.92 Å². The fourth-order valence-corrected chi connectivity index (χ4v) is 3.99. The summed E-state index contributed by atoms with van der Waals surface area (Å²) in [6.45, 7) is 4.64. The molecule has 1 aromatic heterocycles. The Kier molecular flexibility index (Phi) is 3.72. The van der Waals surface area contributed by atoms with Gasteiger partial charge in [-0.05, 0) is 48.4 Å². The molecule has 1 aliphatic rings. The van der Waals surface area contributed by atoms with Crippen molar-refractivity contribution in [1.82, 2.24) is 4.90 Å². The molecule has 1 N–H and O–H groups in total. The summed E-state index contributed by atoms with van der Waals surface area (Å²) in [6, 6.07) is 7.59. The van der Waals surface area contributed by atoms with E-state index < -0.39 is 0 Å². The monoisotopic (exact) mass is 301 g/mol. The Labute approximate surface area is 128 Å². The van der Waals surface area contributed by atoms with Gasteiger partial charge in [0.15, 0.2) is 0 Å². The van der Waals surface area contributed by atoms with Crippen LogP contribution in [0.1, 0.15) is 45.7 Å². The Morgan fingerprint density at radius 3 is 3.00 bits per heavy atom. The Morgan fingerprint density at radius 1 is 1.43 bits per heavy atom. The lowest BCUT2D eigenvalue weighted by molar-refractivity contribution is 0.0654. The largest absolute Gasteiger partial charge is 0.507 e. The number of phenols is 1. The van der Waals surface area contributed by atoms with Crippen molar-refractivity contribution < 1.29 is 9.90 Å². The third kappa shape index (κ3) is 2.33. The predicted octanol–water partition coefficient (Wildman–Crippen LogP) is 3.91. The minimum absolute atomic E-state index is 0.0695. The highest BCUT2D eigenvalue weighted by Crippen LogP contribution is 2.37. The van der Waals surface area contributed by atoms with E-state index in [4.69, 9.17) is 0 Å². The molecule has 1 atom stereocenters. The Bertz CT molecular complexity index is 677. The van der Waals surface area contributed by atoms with Gasteiger partial charge in [0.25, 0.3) is 5.91 Å². The smallest absolute Gasteiger partial charge is 0.258 e. The lowest BCUT2D eigenvalue weighted by atomic mass is 9.96. The average molecular weight is 301 g/mol. The van der Waals surface area contributed by atoms with Crippen LogP contribution in [-0.2, 0) is 6.42 Å². The topological polar surface area (TPSA) is 40.5 Å². The van der Waals surface area contributed by atoms with E-state index in [1.165, 1.54) is 10.4 Å². The van der Waals surface area contributed by atoms with Gasteiger partial charge in [0.2, 0.25) is 0 Å². The second-order valence-electron chi connectivity index (χ2n) is 5.44. The standard InChI is InChI=1S/C17H19NO2S/c1-3-14-12-8-10-21-15(12)7-9-18(14)17(20)13-6-4-5-11(2)16(13)19/h4-6,8,10,14,19H,3,7,9H2,1-2H3. The highest BCUT2D eigenvalue weighted by atomic mass is 32.1. The molecule has 0 spiro atoms. The van der Waals surface area contributed by atoms with Crippen LogP contribution in [0.25, 0.3) is 0 Å². The minimum Gasteiger partial charge on any atom is -0.507 e. The van der Waals surface area contributed by atoms with E-state index in [0.717, 1.165) is 24.9 Å². The van der Waals surface area contributed by atoms with Crippen molar-refractivity contribution in [3.8, 4) is 5.75 Å². The Hall–Kier alpha value is -1.81. The number of para-hydroxylation sites is 1. The molecule has 0 aliphatic carbocycles. The number of carbonyl (C=O) groups is 1. The zero-order chi connectivity index (χ0) is 15.0. The van der Waals surface area contributed by atoms with Gasteiger partial charge in [0, 0.05) is 11.4 Å². The molecule has 0 saturated heterocycles. The third-order valence-electron chi connectivity index (χ3n) is 4.21. The van der Waals surface area contributed by atoms with E-state index in [1.54, 1.807) is 17.4 Å². The SMILES string of the molecule is CCC1c2ccsc2CCN1C(=O)c1cccc(C)c1O. The zero-order valence-electron chi connectivity index (χ0n) is 12.3. The van der Waals surface area contributed by atoms with Crippen LogP contribution in [0.4, 0.5) is 0 Å². The number of benzene rings is 1. The summed E-state index contributed by atoms with van der Waals surface area (Å²) in [5.74, 6) is 0.0355. The van der Waals surface area contributed by atoms with Gasteiger partial charge in [-0.15, -0.1) is 11.3 Å². The molecule has 0 radical (unpaired) electrons. The number of fused-ring (bicyclic) bond motifs is 1. The molecule has 2 heterocycles. The molecule has 0 fully saturated rings. The molecule has 1 amide bonds. The summed E-state index contributed by atoms with van der Waals surface area (Å²) >= 11 is 1.77. The zero-order valence-corrected chi connectivity index (χ0v) is 13.1. The number of nitrogens with zero attached hydrogens (tertiary/aromatic N) is 1. The van der Waals surface area contributed by atoms with Crippen molar-refractivity contribution in [2.75, 3.05) is 6.54 Å². The molecular weight excluding hydrogens is 282 g/mol. The van der Waals surface area contributed by atoms with Gasteiger partial charge in [-0.25, -0.2) is 0 Å². The first kappa shape index (κ1) is 14.1. The number of amides is 1. The number of phenolic OH excluding ortho intramolecular Hbond substituents is 1. The maximum absolute atomic E-state index is 12.8. The second-order valence-corrected chi connectivity index (χ2v) is 6.44. The highest BCUT2D eigenvalue weighted by Gasteiger charge is 2.31. The summed E-state index contributed by atoms with van der Waals surface area (Å²) in [6.07, 6.45) is 1.80. The van der Waals surface area contributed by atoms with Crippen LogP contribution in [0.15, 0.2) is 29.6 Å².